The van der Waals surface area contributed by atoms with E-state index in [9.17, 15) is 5.11 Å². The van der Waals surface area contributed by atoms with E-state index in [1.54, 1.807) is 0 Å². The summed E-state index contributed by atoms with van der Waals surface area (Å²) < 4.78 is 2.08. The first-order valence-electron chi connectivity index (χ1n) is 6.40. The second kappa shape index (κ2) is 5.00. The van der Waals surface area contributed by atoms with Crippen molar-refractivity contribution in [2.45, 2.75) is 58.1 Å². The molecule has 1 aliphatic carbocycles. The van der Waals surface area contributed by atoms with E-state index in [0.29, 0.717) is 12.0 Å². The Morgan fingerprint density at radius 1 is 1.31 bits per heavy atom. The Morgan fingerprint density at radius 2 is 2.00 bits per heavy atom. The second-order valence-electron chi connectivity index (χ2n) is 5.16. The SMILES string of the molecule is CC(C)n1cncc1C(O)C1CCCCC1. The van der Waals surface area contributed by atoms with E-state index in [1.807, 2.05) is 12.5 Å². The first-order valence-corrected chi connectivity index (χ1v) is 6.40. The molecule has 90 valence electrons. The molecule has 1 fully saturated rings. The highest BCUT2D eigenvalue weighted by Crippen LogP contribution is 2.34. The third-order valence-corrected chi connectivity index (χ3v) is 3.65. The minimum Gasteiger partial charge on any atom is -0.387 e. The van der Waals surface area contributed by atoms with Gasteiger partial charge < -0.3 is 9.67 Å². The van der Waals surface area contributed by atoms with Crippen LogP contribution >= 0.6 is 0 Å². The third kappa shape index (κ3) is 2.29. The average Bonchev–Trinajstić information content (AvgIpc) is 2.78. The van der Waals surface area contributed by atoms with Gasteiger partial charge >= 0.3 is 0 Å². The summed E-state index contributed by atoms with van der Waals surface area (Å²) in [7, 11) is 0. The highest BCUT2D eigenvalue weighted by Gasteiger charge is 2.25. The lowest BCUT2D eigenvalue weighted by Crippen LogP contribution is -2.19. The van der Waals surface area contributed by atoms with E-state index >= 15 is 0 Å². The lowest BCUT2D eigenvalue weighted by Gasteiger charge is -2.27. The van der Waals surface area contributed by atoms with Crippen LogP contribution < -0.4 is 0 Å². The van der Waals surface area contributed by atoms with Crippen LogP contribution in [-0.2, 0) is 0 Å². The quantitative estimate of drug-likeness (QED) is 0.853. The van der Waals surface area contributed by atoms with Crippen molar-refractivity contribution < 1.29 is 5.11 Å². The van der Waals surface area contributed by atoms with Gasteiger partial charge in [-0.15, -0.1) is 0 Å². The van der Waals surface area contributed by atoms with Gasteiger partial charge in [0.05, 0.1) is 24.3 Å². The normalized spacial score (nSPS) is 20.2. The summed E-state index contributed by atoms with van der Waals surface area (Å²) in [5, 5.41) is 10.4. The topological polar surface area (TPSA) is 38.0 Å². The summed E-state index contributed by atoms with van der Waals surface area (Å²) in [4.78, 5) is 4.16. The van der Waals surface area contributed by atoms with E-state index in [1.165, 1.54) is 19.3 Å². The van der Waals surface area contributed by atoms with E-state index < -0.39 is 0 Å². The molecule has 0 spiro atoms. The molecule has 16 heavy (non-hydrogen) atoms. The Bertz CT molecular complexity index is 326. The summed E-state index contributed by atoms with van der Waals surface area (Å²) in [5.41, 5.74) is 0.988. The molecule has 1 atom stereocenters. The molecule has 1 saturated carbocycles. The lowest BCUT2D eigenvalue weighted by atomic mass is 9.84. The predicted molar refractivity (Wildman–Crippen MR) is 64.1 cm³/mol. The molecule has 0 bridgehead atoms. The van der Waals surface area contributed by atoms with Crippen molar-refractivity contribution in [3.63, 3.8) is 0 Å². The number of aliphatic hydroxyl groups excluding tert-OH is 1. The van der Waals surface area contributed by atoms with Crippen LogP contribution in [0.4, 0.5) is 0 Å². The summed E-state index contributed by atoms with van der Waals surface area (Å²) in [5.74, 6) is 0.433. The predicted octanol–water partition coefficient (Wildman–Crippen LogP) is 3.08. The van der Waals surface area contributed by atoms with Crippen molar-refractivity contribution in [2.75, 3.05) is 0 Å². The molecule has 2 rings (SSSR count). The standard InChI is InChI=1S/C13H22N2O/c1-10(2)15-9-14-8-12(15)13(16)11-6-4-3-5-7-11/h8-11,13,16H,3-7H2,1-2H3. The molecule has 1 unspecified atom stereocenters. The fourth-order valence-electron chi connectivity index (χ4n) is 2.67. The van der Waals surface area contributed by atoms with Gasteiger partial charge in [-0.2, -0.15) is 0 Å². The van der Waals surface area contributed by atoms with Crippen LogP contribution in [0.1, 0.15) is 63.8 Å². The van der Waals surface area contributed by atoms with Gasteiger partial charge in [0.25, 0.3) is 0 Å². The highest BCUT2D eigenvalue weighted by atomic mass is 16.3. The first kappa shape index (κ1) is 11.6. The Balaban J connectivity index is 2.12. The van der Waals surface area contributed by atoms with E-state index in [4.69, 9.17) is 0 Å². The van der Waals surface area contributed by atoms with Crippen molar-refractivity contribution in [2.24, 2.45) is 5.92 Å². The monoisotopic (exact) mass is 222 g/mol. The smallest absolute Gasteiger partial charge is 0.0983 e. The zero-order valence-corrected chi connectivity index (χ0v) is 10.3. The van der Waals surface area contributed by atoms with Gasteiger partial charge in [0.2, 0.25) is 0 Å². The van der Waals surface area contributed by atoms with Crippen molar-refractivity contribution in [3.05, 3.63) is 18.2 Å². The molecule has 1 aromatic rings. The van der Waals surface area contributed by atoms with Gasteiger partial charge in [-0.1, -0.05) is 19.3 Å². The molecule has 0 amide bonds. The lowest BCUT2D eigenvalue weighted by molar-refractivity contribution is 0.0769. The fraction of sp³-hybridized carbons (Fsp3) is 0.769. The van der Waals surface area contributed by atoms with Gasteiger partial charge in [-0.25, -0.2) is 4.98 Å². The summed E-state index contributed by atoms with van der Waals surface area (Å²) in [6, 6.07) is 0.371. The summed E-state index contributed by atoms with van der Waals surface area (Å²) in [6.07, 6.45) is 9.48. The number of hydrogen-bond donors (Lipinski definition) is 1. The Labute approximate surface area is 97.5 Å². The maximum atomic E-state index is 10.4. The van der Waals surface area contributed by atoms with Crippen molar-refractivity contribution in [3.8, 4) is 0 Å². The van der Waals surface area contributed by atoms with Gasteiger partial charge in [0, 0.05) is 6.04 Å². The van der Waals surface area contributed by atoms with Gasteiger partial charge in [-0.05, 0) is 32.6 Å². The maximum Gasteiger partial charge on any atom is 0.0983 e. The Hall–Kier alpha value is -0.830. The number of aliphatic hydroxyl groups is 1. The van der Waals surface area contributed by atoms with Gasteiger partial charge in [-0.3, -0.25) is 0 Å². The number of nitrogens with zero attached hydrogens (tertiary/aromatic N) is 2. The zero-order chi connectivity index (χ0) is 11.5. The summed E-state index contributed by atoms with van der Waals surface area (Å²) >= 11 is 0. The summed E-state index contributed by atoms with van der Waals surface area (Å²) in [6.45, 7) is 4.25. The Morgan fingerprint density at radius 3 is 2.62 bits per heavy atom. The minimum atomic E-state index is -0.329. The fourth-order valence-corrected chi connectivity index (χ4v) is 2.67. The van der Waals surface area contributed by atoms with Crippen LogP contribution in [0.5, 0.6) is 0 Å². The van der Waals surface area contributed by atoms with Crippen molar-refractivity contribution >= 4 is 0 Å². The van der Waals surface area contributed by atoms with E-state index in [2.05, 4.69) is 23.4 Å². The molecule has 1 heterocycles. The highest BCUT2D eigenvalue weighted by molar-refractivity contribution is 5.05. The molecule has 0 saturated heterocycles. The minimum absolute atomic E-state index is 0.329. The third-order valence-electron chi connectivity index (χ3n) is 3.65. The maximum absolute atomic E-state index is 10.4. The number of aromatic nitrogens is 2. The Kier molecular flexibility index (Phi) is 3.64. The molecule has 3 heteroatoms. The van der Waals surface area contributed by atoms with E-state index in [-0.39, 0.29) is 6.10 Å². The molecule has 0 radical (unpaired) electrons. The number of imidazole rings is 1. The molecule has 1 aromatic heterocycles. The van der Waals surface area contributed by atoms with Crippen LogP contribution in [0, 0.1) is 5.92 Å². The molecule has 1 aliphatic rings. The molecule has 0 aromatic carbocycles. The second-order valence-corrected chi connectivity index (χ2v) is 5.16. The molecular weight excluding hydrogens is 200 g/mol. The van der Waals surface area contributed by atoms with Crippen LogP contribution in [0.2, 0.25) is 0 Å². The van der Waals surface area contributed by atoms with Crippen molar-refractivity contribution in [1.82, 2.24) is 9.55 Å². The largest absolute Gasteiger partial charge is 0.387 e. The van der Waals surface area contributed by atoms with E-state index in [0.717, 1.165) is 18.5 Å². The molecule has 0 aliphatic heterocycles. The zero-order valence-electron chi connectivity index (χ0n) is 10.3. The van der Waals surface area contributed by atoms with Crippen LogP contribution in [0.25, 0.3) is 0 Å². The van der Waals surface area contributed by atoms with Gasteiger partial charge in [0.15, 0.2) is 0 Å². The number of rotatable bonds is 3. The van der Waals surface area contributed by atoms with Crippen LogP contribution in [0.15, 0.2) is 12.5 Å². The molecule has 1 N–H and O–H groups in total. The van der Waals surface area contributed by atoms with Gasteiger partial charge in [0.1, 0.15) is 0 Å². The van der Waals surface area contributed by atoms with Crippen LogP contribution in [0.3, 0.4) is 0 Å². The van der Waals surface area contributed by atoms with Crippen molar-refractivity contribution in [1.29, 1.82) is 0 Å². The molecular formula is C13H22N2O. The average molecular weight is 222 g/mol. The first-order chi connectivity index (χ1) is 7.70. The molecule has 3 nitrogen and oxygen atoms in total. The van der Waals surface area contributed by atoms with Crippen LogP contribution in [-0.4, -0.2) is 14.7 Å². The number of hydrogen-bond acceptors (Lipinski definition) is 2.